The van der Waals surface area contributed by atoms with Crippen molar-refractivity contribution in [2.24, 2.45) is 5.10 Å². The van der Waals surface area contributed by atoms with Crippen LogP contribution in [-0.4, -0.2) is 21.0 Å². The maximum atomic E-state index is 12.9. The average Bonchev–Trinajstić information content (AvgIpc) is 3.14. The first kappa shape index (κ1) is 14.3. The molecule has 0 spiro atoms. The molecule has 0 atom stereocenters. The second-order valence-corrected chi connectivity index (χ2v) is 5.41. The summed E-state index contributed by atoms with van der Waals surface area (Å²) >= 11 is 1.41. The molecule has 1 aromatic carbocycles. The maximum Gasteiger partial charge on any atom is 0.203 e. The minimum absolute atomic E-state index is 0.269. The van der Waals surface area contributed by atoms with Crippen LogP contribution in [0.3, 0.4) is 0 Å². The van der Waals surface area contributed by atoms with Crippen molar-refractivity contribution in [1.82, 2.24) is 15.3 Å². The number of aromatic nitrogens is 3. The van der Waals surface area contributed by atoms with Gasteiger partial charge in [0.05, 0.1) is 11.4 Å². The number of hydrogen-bond donors (Lipinski definition) is 1. The molecule has 0 radical (unpaired) electrons. The molecule has 3 rings (SSSR count). The monoisotopic (exact) mass is 317 g/mol. The molecule has 112 valence electrons. The highest BCUT2D eigenvalue weighted by atomic mass is 32.1. The number of anilines is 1. The van der Waals surface area contributed by atoms with Gasteiger partial charge in [0.15, 0.2) is 5.69 Å². The Bertz CT molecular complexity index is 809. The van der Waals surface area contributed by atoms with Crippen molar-refractivity contribution in [3.05, 3.63) is 46.9 Å². The third-order valence-electron chi connectivity index (χ3n) is 2.96. The van der Waals surface area contributed by atoms with E-state index >= 15 is 0 Å². The molecule has 2 heterocycles. The van der Waals surface area contributed by atoms with Crippen molar-refractivity contribution in [2.75, 3.05) is 5.43 Å². The number of rotatable bonds is 4. The number of thiazole rings is 1. The summed E-state index contributed by atoms with van der Waals surface area (Å²) in [4.78, 5) is 4.40. The highest BCUT2D eigenvalue weighted by Gasteiger charge is 2.09. The lowest BCUT2D eigenvalue weighted by Gasteiger charge is -1.98. The summed E-state index contributed by atoms with van der Waals surface area (Å²) in [5, 5.41) is 14.2. The van der Waals surface area contributed by atoms with Gasteiger partial charge < -0.3 is 0 Å². The summed E-state index contributed by atoms with van der Waals surface area (Å²) in [6.07, 6.45) is 0. The van der Waals surface area contributed by atoms with Crippen molar-refractivity contribution < 1.29 is 9.02 Å². The number of nitrogens with one attached hydrogen (secondary N) is 1. The van der Waals surface area contributed by atoms with Gasteiger partial charge in [0.2, 0.25) is 5.13 Å². The second-order valence-electron chi connectivity index (χ2n) is 4.55. The van der Waals surface area contributed by atoms with Gasteiger partial charge in [0.1, 0.15) is 11.5 Å². The Labute approximate surface area is 129 Å². The Morgan fingerprint density at radius 2 is 2.05 bits per heavy atom. The van der Waals surface area contributed by atoms with Gasteiger partial charge in [0, 0.05) is 10.9 Å². The van der Waals surface area contributed by atoms with Gasteiger partial charge in [-0.25, -0.2) is 14.0 Å². The molecule has 8 heteroatoms. The Morgan fingerprint density at radius 3 is 2.73 bits per heavy atom. The van der Waals surface area contributed by atoms with E-state index < -0.39 is 0 Å². The zero-order chi connectivity index (χ0) is 15.5. The predicted molar refractivity (Wildman–Crippen MR) is 82.4 cm³/mol. The van der Waals surface area contributed by atoms with Crippen LogP contribution >= 0.6 is 11.3 Å². The fourth-order valence-corrected chi connectivity index (χ4v) is 2.48. The van der Waals surface area contributed by atoms with Crippen molar-refractivity contribution in [2.45, 2.75) is 13.8 Å². The molecule has 0 fully saturated rings. The van der Waals surface area contributed by atoms with E-state index in [2.05, 4.69) is 30.5 Å². The van der Waals surface area contributed by atoms with E-state index in [4.69, 9.17) is 0 Å². The van der Waals surface area contributed by atoms with E-state index in [1.807, 2.05) is 5.38 Å². The zero-order valence-corrected chi connectivity index (χ0v) is 12.7. The van der Waals surface area contributed by atoms with Crippen LogP contribution in [0.5, 0.6) is 0 Å². The smallest absolute Gasteiger partial charge is 0.203 e. The first-order chi connectivity index (χ1) is 10.6. The highest BCUT2D eigenvalue weighted by Crippen LogP contribution is 2.25. The van der Waals surface area contributed by atoms with Crippen LogP contribution in [0.1, 0.15) is 18.3 Å². The number of halogens is 1. The lowest BCUT2D eigenvalue weighted by molar-refractivity contribution is 0.304. The normalized spacial score (nSPS) is 11.7. The van der Waals surface area contributed by atoms with Crippen LogP contribution in [0, 0.1) is 12.7 Å². The third-order valence-corrected chi connectivity index (χ3v) is 3.71. The topological polar surface area (TPSA) is 76.2 Å². The van der Waals surface area contributed by atoms with Crippen molar-refractivity contribution in [1.29, 1.82) is 0 Å². The molecule has 0 saturated heterocycles. The van der Waals surface area contributed by atoms with Gasteiger partial charge in [-0.2, -0.15) is 5.10 Å². The van der Waals surface area contributed by atoms with Crippen LogP contribution in [0.15, 0.2) is 39.4 Å². The Morgan fingerprint density at radius 1 is 1.27 bits per heavy atom. The van der Waals surface area contributed by atoms with Gasteiger partial charge >= 0.3 is 0 Å². The van der Waals surface area contributed by atoms with Gasteiger partial charge in [-0.05, 0) is 43.3 Å². The molecule has 22 heavy (non-hydrogen) atoms. The van der Waals surface area contributed by atoms with Gasteiger partial charge in [0.25, 0.3) is 0 Å². The zero-order valence-electron chi connectivity index (χ0n) is 11.9. The standard InChI is InChI=1S/C14H12FN5OS/c1-8(13-9(2)19-21-20-13)17-18-14-16-12(7-22-14)10-3-5-11(15)6-4-10/h3-7H,1-2H3,(H,16,18)/b17-8+. The molecular formula is C14H12FN5OS. The van der Waals surface area contributed by atoms with Crippen LogP contribution < -0.4 is 5.43 Å². The van der Waals surface area contributed by atoms with Crippen LogP contribution in [-0.2, 0) is 0 Å². The van der Waals surface area contributed by atoms with E-state index in [0.29, 0.717) is 22.2 Å². The largest absolute Gasteiger partial charge is 0.252 e. The molecule has 0 unspecified atom stereocenters. The van der Waals surface area contributed by atoms with E-state index in [0.717, 1.165) is 11.3 Å². The number of hydrogen-bond acceptors (Lipinski definition) is 7. The summed E-state index contributed by atoms with van der Waals surface area (Å²) in [5.41, 5.74) is 6.41. The number of aryl methyl sites for hydroxylation is 1. The molecule has 3 aromatic rings. The molecule has 0 saturated carbocycles. The molecule has 0 aliphatic carbocycles. The van der Waals surface area contributed by atoms with Crippen LogP contribution in [0.25, 0.3) is 11.3 Å². The number of nitrogens with zero attached hydrogens (tertiary/aromatic N) is 4. The number of benzene rings is 1. The van der Waals surface area contributed by atoms with Gasteiger partial charge in [-0.3, -0.25) is 5.43 Å². The molecule has 0 amide bonds. The number of hydrazone groups is 1. The van der Waals surface area contributed by atoms with Crippen molar-refractivity contribution in [3.8, 4) is 11.3 Å². The van der Waals surface area contributed by atoms with Crippen molar-refractivity contribution in [3.63, 3.8) is 0 Å². The Balaban J connectivity index is 1.75. The fraction of sp³-hybridized carbons (Fsp3) is 0.143. The third kappa shape index (κ3) is 3.01. The van der Waals surface area contributed by atoms with E-state index in [-0.39, 0.29) is 5.82 Å². The predicted octanol–water partition coefficient (Wildman–Crippen LogP) is 3.48. The van der Waals surface area contributed by atoms with Crippen LogP contribution in [0.4, 0.5) is 9.52 Å². The van der Waals surface area contributed by atoms with Gasteiger partial charge in [-0.15, -0.1) is 11.3 Å². The molecule has 1 N–H and O–H groups in total. The summed E-state index contributed by atoms with van der Waals surface area (Å²) in [6, 6.07) is 6.19. The first-order valence-electron chi connectivity index (χ1n) is 6.45. The summed E-state index contributed by atoms with van der Waals surface area (Å²) in [6.45, 7) is 3.59. The first-order valence-corrected chi connectivity index (χ1v) is 7.33. The lowest BCUT2D eigenvalue weighted by Crippen LogP contribution is -2.01. The summed E-state index contributed by atoms with van der Waals surface area (Å²) in [7, 11) is 0. The second kappa shape index (κ2) is 6.02. The molecule has 2 aromatic heterocycles. The van der Waals surface area contributed by atoms with E-state index in [1.54, 1.807) is 26.0 Å². The van der Waals surface area contributed by atoms with Crippen LogP contribution in [0.2, 0.25) is 0 Å². The minimum Gasteiger partial charge on any atom is -0.252 e. The lowest BCUT2D eigenvalue weighted by atomic mass is 10.2. The summed E-state index contributed by atoms with van der Waals surface area (Å²) in [5.74, 6) is -0.269. The molecule has 6 nitrogen and oxygen atoms in total. The van der Waals surface area contributed by atoms with Crippen molar-refractivity contribution >= 4 is 22.2 Å². The van der Waals surface area contributed by atoms with E-state index in [1.165, 1.54) is 23.5 Å². The molecule has 0 aliphatic heterocycles. The Hall–Kier alpha value is -2.61. The fourth-order valence-electron chi connectivity index (χ4n) is 1.82. The quantitative estimate of drug-likeness (QED) is 0.589. The van der Waals surface area contributed by atoms with E-state index in [9.17, 15) is 4.39 Å². The highest BCUT2D eigenvalue weighted by molar-refractivity contribution is 7.14. The van der Waals surface area contributed by atoms with Gasteiger partial charge in [-0.1, -0.05) is 5.16 Å². The molecule has 0 bridgehead atoms. The average molecular weight is 317 g/mol. The Kier molecular flexibility index (Phi) is 3.92. The molecular weight excluding hydrogens is 305 g/mol. The molecule has 0 aliphatic rings. The SMILES string of the molecule is C/C(=N\Nc1nc(-c2ccc(F)cc2)cs1)c1nonc1C. The minimum atomic E-state index is -0.269. The maximum absolute atomic E-state index is 12.9. The summed E-state index contributed by atoms with van der Waals surface area (Å²) < 4.78 is 17.6.